The lowest BCUT2D eigenvalue weighted by atomic mass is 10.0. The average Bonchev–Trinajstić information content (AvgIpc) is 3.33. The van der Waals surface area contributed by atoms with Gasteiger partial charge in [0.05, 0.1) is 12.0 Å². The van der Waals surface area contributed by atoms with Crippen LogP contribution in [-0.2, 0) is 11.2 Å². The van der Waals surface area contributed by atoms with Crippen molar-refractivity contribution in [1.29, 1.82) is 0 Å². The largest absolute Gasteiger partial charge is 0.337 e. The SMILES string of the molecule is O=C(Cc1ccccc1)Nc1onc(-c2ccc(F)cc2)c1-c1ccnc(NC(=O)c2ccccc2)c1. The second-order valence-electron chi connectivity index (χ2n) is 8.20. The third kappa shape index (κ3) is 5.59. The van der Waals surface area contributed by atoms with E-state index in [1.54, 1.807) is 48.5 Å². The van der Waals surface area contributed by atoms with E-state index in [1.165, 1.54) is 18.3 Å². The van der Waals surface area contributed by atoms with Crippen LogP contribution in [0, 0.1) is 5.82 Å². The number of nitrogens with one attached hydrogen (secondary N) is 2. The average molecular weight is 493 g/mol. The molecule has 7 nitrogen and oxygen atoms in total. The van der Waals surface area contributed by atoms with E-state index in [9.17, 15) is 14.0 Å². The van der Waals surface area contributed by atoms with Crippen LogP contribution in [0.25, 0.3) is 22.4 Å². The highest BCUT2D eigenvalue weighted by Crippen LogP contribution is 2.38. The van der Waals surface area contributed by atoms with Crippen LogP contribution >= 0.6 is 0 Å². The maximum Gasteiger partial charge on any atom is 0.256 e. The van der Waals surface area contributed by atoms with Gasteiger partial charge in [-0.3, -0.25) is 14.9 Å². The van der Waals surface area contributed by atoms with E-state index in [-0.39, 0.29) is 29.9 Å². The first-order chi connectivity index (χ1) is 18.1. The summed E-state index contributed by atoms with van der Waals surface area (Å²) in [5, 5.41) is 9.75. The number of carbonyl (C=O) groups excluding carboxylic acids is 2. The Labute approximate surface area is 212 Å². The van der Waals surface area contributed by atoms with Crippen LogP contribution in [0.5, 0.6) is 0 Å². The Morgan fingerprint density at radius 3 is 2.24 bits per heavy atom. The number of hydrogen-bond donors (Lipinski definition) is 2. The maximum absolute atomic E-state index is 13.6. The monoisotopic (exact) mass is 492 g/mol. The summed E-state index contributed by atoms with van der Waals surface area (Å²) >= 11 is 0. The van der Waals surface area contributed by atoms with Gasteiger partial charge in [0.25, 0.3) is 5.91 Å². The van der Waals surface area contributed by atoms with Crippen LogP contribution in [0.2, 0.25) is 0 Å². The van der Waals surface area contributed by atoms with E-state index in [1.807, 2.05) is 36.4 Å². The Morgan fingerprint density at radius 1 is 0.811 bits per heavy atom. The van der Waals surface area contributed by atoms with Gasteiger partial charge >= 0.3 is 0 Å². The van der Waals surface area contributed by atoms with Crippen LogP contribution in [-0.4, -0.2) is 22.0 Å². The van der Waals surface area contributed by atoms with E-state index < -0.39 is 0 Å². The zero-order chi connectivity index (χ0) is 25.6. The lowest BCUT2D eigenvalue weighted by molar-refractivity contribution is -0.115. The molecular formula is C29H21FN4O3. The van der Waals surface area contributed by atoms with E-state index in [2.05, 4.69) is 20.8 Å². The number of aromatic nitrogens is 2. The second kappa shape index (κ2) is 10.7. The molecular weight excluding hydrogens is 471 g/mol. The summed E-state index contributed by atoms with van der Waals surface area (Å²) in [5.41, 5.74) is 3.40. The van der Waals surface area contributed by atoms with Gasteiger partial charge in [-0.25, -0.2) is 9.37 Å². The number of hydrogen-bond acceptors (Lipinski definition) is 5. The number of amides is 2. The Hall–Kier alpha value is -5.11. The molecule has 0 saturated carbocycles. The van der Waals surface area contributed by atoms with Gasteiger partial charge in [0.15, 0.2) is 0 Å². The van der Waals surface area contributed by atoms with Crippen LogP contribution in [0.1, 0.15) is 15.9 Å². The van der Waals surface area contributed by atoms with Gasteiger partial charge in [0.2, 0.25) is 11.8 Å². The standard InChI is InChI=1S/C29H21FN4O3/c30-23-13-11-20(12-14-23)27-26(29(37-34-27)33-25(35)17-19-7-3-1-4-8-19)22-15-16-31-24(18-22)32-28(36)21-9-5-2-6-10-21/h1-16,18H,17H2,(H,33,35)(H,31,32,36). The molecule has 0 aliphatic heterocycles. The molecule has 2 amide bonds. The number of nitrogens with zero attached hydrogens (tertiary/aromatic N) is 2. The topological polar surface area (TPSA) is 97.1 Å². The normalized spacial score (nSPS) is 10.6. The number of rotatable bonds is 7. The maximum atomic E-state index is 13.6. The van der Waals surface area contributed by atoms with Crippen LogP contribution in [0.4, 0.5) is 16.1 Å². The smallest absolute Gasteiger partial charge is 0.256 e. The molecule has 0 spiro atoms. The van der Waals surface area contributed by atoms with Crippen LogP contribution in [0.3, 0.4) is 0 Å². The van der Waals surface area contributed by atoms with E-state index in [0.29, 0.717) is 33.8 Å². The van der Waals surface area contributed by atoms with E-state index in [0.717, 1.165) is 5.56 Å². The number of halogens is 1. The molecule has 2 N–H and O–H groups in total. The van der Waals surface area contributed by atoms with Crippen molar-refractivity contribution in [2.45, 2.75) is 6.42 Å². The Morgan fingerprint density at radius 2 is 1.51 bits per heavy atom. The highest BCUT2D eigenvalue weighted by molar-refractivity contribution is 6.04. The molecule has 0 radical (unpaired) electrons. The van der Waals surface area contributed by atoms with Crippen molar-refractivity contribution in [3.8, 4) is 22.4 Å². The third-order valence-electron chi connectivity index (χ3n) is 5.60. The predicted octanol–water partition coefficient (Wildman–Crippen LogP) is 5.98. The molecule has 0 saturated heterocycles. The van der Waals surface area contributed by atoms with Gasteiger partial charge in [-0.15, -0.1) is 0 Å². The molecule has 0 aliphatic rings. The van der Waals surface area contributed by atoms with Gasteiger partial charge in [0.1, 0.15) is 17.3 Å². The first-order valence-electron chi connectivity index (χ1n) is 11.5. The first-order valence-corrected chi connectivity index (χ1v) is 11.5. The molecule has 0 aliphatic carbocycles. The Kier molecular flexibility index (Phi) is 6.80. The molecule has 2 aromatic heterocycles. The zero-order valence-electron chi connectivity index (χ0n) is 19.5. The van der Waals surface area contributed by atoms with Crippen LogP contribution in [0.15, 0.2) is 108 Å². The minimum absolute atomic E-state index is 0.131. The third-order valence-corrected chi connectivity index (χ3v) is 5.60. The Balaban J connectivity index is 1.49. The van der Waals surface area contributed by atoms with E-state index in [4.69, 9.17) is 4.52 Å². The number of pyridine rings is 1. The zero-order valence-corrected chi connectivity index (χ0v) is 19.5. The highest BCUT2D eigenvalue weighted by atomic mass is 19.1. The van der Waals surface area contributed by atoms with Crippen molar-refractivity contribution in [3.63, 3.8) is 0 Å². The number of benzene rings is 3. The summed E-state index contributed by atoms with van der Waals surface area (Å²) in [7, 11) is 0. The molecule has 0 fully saturated rings. The van der Waals surface area contributed by atoms with Gasteiger partial charge in [-0.2, -0.15) is 0 Å². The lowest BCUT2D eigenvalue weighted by Crippen LogP contribution is -2.14. The van der Waals surface area contributed by atoms with Gasteiger partial charge < -0.3 is 9.84 Å². The van der Waals surface area contributed by atoms with Gasteiger partial charge in [0, 0.05) is 17.3 Å². The number of anilines is 2. The summed E-state index contributed by atoms with van der Waals surface area (Å²) in [6.45, 7) is 0. The fourth-order valence-corrected chi connectivity index (χ4v) is 3.83. The molecule has 5 aromatic rings. The molecule has 5 rings (SSSR count). The molecule has 182 valence electrons. The fraction of sp³-hybridized carbons (Fsp3) is 0.0345. The summed E-state index contributed by atoms with van der Waals surface area (Å²) < 4.78 is 19.1. The lowest BCUT2D eigenvalue weighted by Gasteiger charge is -2.09. The minimum atomic E-state index is -0.389. The summed E-state index contributed by atoms with van der Waals surface area (Å²) in [5.74, 6) is -0.558. The molecule has 2 heterocycles. The van der Waals surface area contributed by atoms with Crippen molar-refractivity contribution in [1.82, 2.24) is 10.1 Å². The molecule has 3 aromatic carbocycles. The molecule has 0 unspecified atom stereocenters. The quantitative estimate of drug-likeness (QED) is 0.291. The van der Waals surface area contributed by atoms with Gasteiger partial charge in [-0.1, -0.05) is 53.7 Å². The number of carbonyl (C=O) groups is 2. The van der Waals surface area contributed by atoms with Crippen molar-refractivity contribution >= 4 is 23.5 Å². The molecule has 0 bridgehead atoms. The summed E-state index contributed by atoms with van der Waals surface area (Å²) in [6, 6.07) is 27.2. The molecule has 37 heavy (non-hydrogen) atoms. The van der Waals surface area contributed by atoms with Crippen molar-refractivity contribution in [2.24, 2.45) is 0 Å². The van der Waals surface area contributed by atoms with E-state index >= 15 is 0 Å². The summed E-state index contributed by atoms with van der Waals surface area (Å²) in [4.78, 5) is 29.7. The fourth-order valence-electron chi connectivity index (χ4n) is 3.83. The van der Waals surface area contributed by atoms with Crippen molar-refractivity contribution < 1.29 is 18.5 Å². The van der Waals surface area contributed by atoms with Crippen LogP contribution < -0.4 is 10.6 Å². The van der Waals surface area contributed by atoms with Crippen molar-refractivity contribution in [2.75, 3.05) is 10.6 Å². The summed E-state index contributed by atoms with van der Waals surface area (Å²) in [6.07, 6.45) is 1.68. The Bertz CT molecular complexity index is 1540. The first kappa shape index (κ1) is 23.6. The van der Waals surface area contributed by atoms with Gasteiger partial charge in [-0.05, 0) is 59.7 Å². The molecule has 8 heteroatoms. The predicted molar refractivity (Wildman–Crippen MR) is 138 cm³/mol. The highest BCUT2D eigenvalue weighted by Gasteiger charge is 2.22. The molecule has 0 atom stereocenters. The minimum Gasteiger partial charge on any atom is -0.337 e. The second-order valence-corrected chi connectivity index (χ2v) is 8.20. The van der Waals surface area contributed by atoms with Crippen molar-refractivity contribution in [3.05, 3.63) is 120 Å².